The second-order valence-electron chi connectivity index (χ2n) is 9.03. The first-order valence-corrected chi connectivity index (χ1v) is 14.5. The number of carbonyl (C=O) groups is 1. The lowest BCUT2D eigenvalue weighted by molar-refractivity contribution is -0.123. The van der Waals surface area contributed by atoms with Gasteiger partial charge in [-0.1, -0.05) is 65.4 Å². The number of aryl methyl sites for hydroxylation is 1. The summed E-state index contributed by atoms with van der Waals surface area (Å²) in [6.07, 6.45) is 0.682. The summed E-state index contributed by atoms with van der Waals surface area (Å²) in [7, 11) is -3.98. The Morgan fingerprint density at radius 1 is 1.08 bits per heavy atom. The number of anilines is 1. The van der Waals surface area contributed by atoms with Crippen LogP contribution < -0.4 is 4.90 Å². The molecule has 0 atom stereocenters. The van der Waals surface area contributed by atoms with E-state index in [0.29, 0.717) is 29.5 Å². The van der Waals surface area contributed by atoms with E-state index in [1.807, 2.05) is 49.4 Å². The van der Waals surface area contributed by atoms with Crippen LogP contribution in [0.15, 0.2) is 71.6 Å². The number of fused-ring (bicyclic) bond motifs is 1. The summed E-state index contributed by atoms with van der Waals surface area (Å²) in [5.41, 5.74) is 2.59. The number of hydrogen-bond donors (Lipinski definition) is 0. The second kappa shape index (κ2) is 10.5. The van der Waals surface area contributed by atoms with E-state index >= 15 is 0 Å². The Hall–Kier alpha value is -2.85. The van der Waals surface area contributed by atoms with Crippen LogP contribution in [-0.4, -0.2) is 36.7 Å². The van der Waals surface area contributed by atoms with E-state index in [0.717, 1.165) is 27.4 Å². The highest BCUT2D eigenvalue weighted by Gasteiger charge is 2.36. The molecule has 1 fully saturated rings. The smallest absolute Gasteiger partial charge is 0.245 e. The predicted octanol–water partition coefficient (Wildman–Crippen LogP) is 6.03. The van der Waals surface area contributed by atoms with Gasteiger partial charge in [-0.15, -0.1) is 0 Å². The van der Waals surface area contributed by atoms with Crippen LogP contribution in [0.4, 0.5) is 9.52 Å². The Kier molecular flexibility index (Phi) is 7.31. The first kappa shape index (κ1) is 25.8. The Balaban J connectivity index is 1.40. The zero-order valence-corrected chi connectivity index (χ0v) is 22.5. The Morgan fingerprint density at radius 2 is 1.76 bits per heavy atom. The fraction of sp³-hybridized carbons (Fsp3) is 0.259. The summed E-state index contributed by atoms with van der Waals surface area (Å²) in [5, 5.41) is 1.20. The number of carbonyl (C=O) groups excluding carboxylic acids is 1. The third-order valence-electron chi connectivity index (χ3n) is 6.67. The highest BCUT2D eigenvalue weighted by atomic mass is 35.5. The third kappa shape index (κ3) is 5.13. The van der Waals surface area contributed by atoms with Crippen molar-refractivity contribution in [2.45, 2.75) is 31.2 Å². The molecule has 3 aromatic carbocycles. The van der Waals surface area contributed by atoms with Crippen LogP contribution in [0.5, 0.6) is 0 Å². The van der Waals surface area contributed by atoms with Crippen molar-refractivity contribution in [3.8, 4) is 0 Å². The van der Waals surface area contributed by atoms with Crippen molar-refractivity contribution in [3.63, 3.8) is 0 Å². The number of nitrogens with zero attached hydrogens (tertiary/aromatic N) is 3. The van der Waals surface area contributed by atoms with Gasteiger partial charge in [-0.25, -0.2) is 17.8 Å². The molecule has 1 amide bonds. The first-order valence-electron chi connectivity index (χ1n) is 11.9. The van der Waals surface area contributed by atoms with Crippen molar-refractivity contribution in [1.29, 1.82) is 0 Å². The number of sulfonamides is 1. The molecule has 192 valence electrons. The number of aromatic nitrogens is 1. The largest absolute Gasteiger partial charge is 0.283 e. The van der Waals surface area contributed by atoms with E-state index in [4.69, 9.17) is 16.6 Å². The molecule has 0 radical (unpaired) electrons. The number of amides is 1. The van der Waals surface area contributed by atoms with Gasteiger partial charge < -0.3 is 0 Å². The van der Waals surface area contributed by atoms with Crippen molar-refractivity contribution in [3.05, 3.63) is 88.7 Å². The predicted molar refractivity (Wildman–Crippen MR) is 145 cm³/mol. The highest BCUT2D eigenvalue weighted by Crippen LogP contribution is 2.36. The molecule has 1 saturated heterocycles. The molecule has 0 saturated carbocycles. The second-order valence-corrected chi connectivity index (χ2v) is 12.4. The molecule has 0 N–H and O–H groups in total. The van der Waals surface area contributed by atoms with Gasteiger partial charge >= 0.3 is 0 Å². The molecule has 1 aromatic heterocycles. The standard InChI is InChI=1S/C27H25ClFN3O3S2/c1-18-21(28)11-12-23-25(18)30-27(36-23)32(17-19-7-3-2-4-8-19)26(33)20-13-15-31(16-14-20)37(34,35)24-10-6-5-9-22(24)29/h2-12,20H,13-17H2,1H3. The van der Waals surface area contributed by atoms with Gasteiger partial charge in [0, 0.05) is 24.0 Å². The van der Waals surface area contributed by atoms with E-state index in [1.165, 1.54) is 33.8 Å². The van der Waals surface area contributed by atoms with E-state index in [-0.39, 0.29) is 29.8 Å². The maximum atomic E-state index is 14.2. The number of piperidine rings is 1. The average molecular weight is 558 g/mol. The van der Waals surface area contributed by atoms with E-state index in [2.05, 4.69) is 0 Å². The first-order chi connectivity index (χ1) is 17.8. The molecule has 5 rings (SSSR count). The number of halogens is 2. The number of benzene rings is 3. The molecule has 0 bridgehead atoms. The van der Waals surface area contributed by atoms with Crippen LogP contribution in [0.1, 0.15) is 24.0 Å². The molecule has 37 heavy (non-hydrogen) atoms. The molecule has 1 aliphatic heterocycles. The maximum Gasteiger partial charge on any atom is 0.245 e. The molecular formula is C27H25ClFN3O3S2. The molecule has 2 heterocycles. The van der Waals surface area contributed by atoms with Crippen molar-refractivity contribution in [2.24, 2.45) is 5.92 Å². The number of hydrogen-bond acceptors (Lipinski definition) is 5. The summed E-state index contributed by atoms with van der Waals surface area (Å²) >= 11 is 7.73. The van der Waals surface area contributed by atoms with Gasteiger partial charge in [-0.3, -0.25) is 9.69 Å². The summed E-state index contributed by atoms with van der Waals surface area (Å²) in [4.78, 5) is 20.0. The summed E-state index contributed by atoms with van der Waals surface area (Å²) in [5.74, 6) is -1.26. The van der Waals surface area contributed by atoms with E-state index in [9.17, 15) is 17.6 Å². The summed E-state index contributed by atoms with van der Waals surface area (Å²) in [6.45, 7) is 2.53. The Morgan fingerprint density at radius 3 is 2.46 bits per heavy atom. The fourth-order valence-corrected chi connectivity index (χ4v) is 7.28. The van der Waals surface area contributed by atoms with Crippen LogP contribution >= 0.6 is 22.9 Å². The summed E-state index contributed by atoms with van der Waals surface area (Å²) < 4.78 is 42.4. The average Bonchev–Trinajstić information content (AvgIpc) is 3.35. The minimum absolute atomic E-state index is 0.102. The Labute approximate surface area is 224 Å². The maximum absolute atomic E-state index is 14.2. The number of rotatable bonds is 6. The van der Waals surface area contributed by atoms with Gasteiger partial charge in [0.2, 0.25) is 15.9 Å². The van der Waals surface area contributed by atoms with Gasteiger partial charge in [-0.2, -0.15) is 4.31 Å². The molecule has 10 heteroatoms. The molecular weight excluding hydrogens is 533 g/mol. The third-order valence-corrected chi connectivity index (χ3v) is 10.1. The van der Waals surface area contributed by atoms with Crippen molar-refractivity contribution < 1.29 is 17.6 Å². The molecule has 6 nitrogen and oxygen atoms in total. The molecule has 0 aliphatic carbocycles. The topological polar surface area (TPSA) is 70.6 Å². The van der Waals surface area contributed by atoms with Crippen molar-refractivity contribution >= 4 is 54.2 Å². The molecule has 4 aromatic rings. The van der Waals surface area contributed by atoms with Gasteiger partial charge in [0.1, 0.15) is 10.7 Å². The highest BCUT2D eigenvalue weighted by molar-refractivity contribution is 7.89. The van der Waals surface area contributed by atoms with E-state index in [1.54, 1.807) is 4.90 Å². The van der Waals surface area contributed by atoms with Gasteiger partial charge in [0.25, 0.3) is 0 Å². The van der Waals surface area contributed by atoms with Gasteiger partial charge in [0.05, 0.1) is 16.8 Å². The SMILES string of the molecule is Cc1c(Cl)ccc2sc(N(Cc3ccccc3)C(=O)C3CCN(S(=O)(=O)c4ccccc4F)CC3)nc12. The summed E-state index contributed by atoms with van der Waals surface area (Å²) in [6, 6.07) is 18.8. The lowest BCUT2D eigenvalue weighted by Crippen LogP contribution is -2.44. The van der Waals surface area contributed by atoms with Gasteiger partial charge in [-0.05, 0) is 55.2 Å². The lowest BCUT2D eigenvalue weighted by atomic mass is 9.96. The van der Waals surface area contributed by atoms with Gasteiger partial charge in [0.15, 0.2) is 5.13 Å². The monoisotopic (exact) mass is 557 g/mol. The van der Waals surface area contributed by atoms with Crippen molar-refractivity contribution in [2.75, 3.05) is 18.0 Å². The molecule has 0 spiro atoms. The van der Waals surface area contributed by atoms with Crippen LogP contribution in [0, 0.1) is 18.7 Å². The zero-order valence-electron chi connectivity index (χ0n) is 20.1. The normalized spacial score (nSPS) is 15.2. The Bertz CT molecular complexity index is 1550. The number of thiazole rings is 1. The zero-order chi connectivity index (χ0) is 26.2. The minimum Gasteiger partial charge on any atom is -0.283 e. The van der Waals surface area contributed by atoms with Crippen LogP contribution in [0.25, 0.3) is 10.2 Å². The van der Waals surface area contributed by atoms with Crippen LogP contribution in [-0.2, 0) is 21.4 Å². The molecule has 0 unspecified atom stereocenters. The van der Waals surface area contributed by atoms with E-state index < -0.39 is 15.8 Å². The van der Waals surface area contributed by atoms with Crippen LogP contribution in [0.2, 0.25) is 5.02 Å². The fourth-order valence-electron chi connectivity index (χ4n) is 4.57. The van der Waals surface area contributed by atoms with Crippen molar-refractivity contribution in [1.82, 2.24) is 9.29 Å². The quantitative estimate of drug-likeness (QED) is 0.290. The van der Waals surface area contributed by atoms with Crippen LogP contribution in [0.3, 0.4) is 0 Å². The minimum atomic E-state index is -3.98. The molecule has 1 aliphatic rings. The lowest BCUT2D eigenvalue weighted by Gasteiger charge is -2.33.